The minimum Gasteiger partial charge on any atom is -0.491 e. The largest absolute Gasteiger partial charge is 0.491 e. The predicted molar refractivity (Wildman–Crippen MR) is 122 cm³/mol. The summed E-state index contributed by atoms with van der Waals surface area (Å²) in [4.78, 5) is 12.8. The summed E-state index contributed by atoms with van der Waals surface area (Å²) >= 11 is 0. The summed E-state index contributed by atoms with van der Waals surface area (Å²) in [5.41, 5.74) is 0.237. The van der Waals surface area contributed by atoms with Gasteiger partial charge in [0.1, 0.15) is 40.6 Å². The van der Waals surface area contributed by atoms with Crippen LogP contribution in [-0.2, 0) is 17.1 Å². The Bertz CT molecular complexity index is 1310. The molecule has 1 aliphatic rings. The van der Waals surface area contributed by atoms with Crippen molar-refractivity contribution >= 4 is 21.7 Å². The first kappa shape index (κ1) is 23.5. The van der Waals surface area contributed by atoms with Crippen molar-refractivity contribution in [3.8, 4) is 23.0 Å². The van der Waals surface area contributed by atoms with Gasteiger partial charge in [0, 0.05) is 43.6 Å². The van der Waals surface area contributed by atoms with Gasteiger partial charge in [-0.25, -0.2) is 13.1 Å². The molecule has 1 amide bonds. The summed E-state index contributed by atoms with van der Waals surface area (Å²) in [5, 5.41) is 16.2. The number of benzene rings is 2. The standard InChI is InChI=1S/C22H24N4O7S/c1-14(13-27)32-17-9-15(22(28)24-21-5-7-26(2)25-21)10-18(11-17)33-16-3-4-20-19(12-16)31-8-6-23-34(20,29)30/h3-5,7,9-12,14,23,27H,6,8,13H2,1-2H3,(H,24,25,28)/t14-/m0/s1. The van der Waals surface area contributed by atoms with Crippen LogP contribution in [0.5, 0.6) is 23.0 Å². The zero-order valence-electron chi connectivity index (χ0n) is 18.5. The molecule has 12 heteroatoms. The number of amides is 1. The fourth-order valence-corrected chi connectivity index (χ4v) is 4.34. The second-order valence-electron chi connectivity index (χ2n) is 7.59. The molecular formula is C22H24N4O7S. The van der Waals surface area contributed by atoms with Crippen LogP contribution in [0.25, 0.3) is 0 Å². The highest BCUT2D eigenvalue weighted by atomic mass is 32.2. The Morgan fingerprint density at radius 1 is 1.24 bits per heavy atom. The number of hydrogen-bond donors (Lipinski definition) is 3. The molecule has 2 heterocycles. The number of sulfonamides is 1. The van der Waals surface area contributed by atoms with Gasteiger partial charge in [-0.1, -0.05) is 0 Å². The van der Waals surface area contributed by atoms with Crippen molar-refractivity contribution < 1.29 is 32.5 Å². The summed E-state index contributed by atoms with van der Waals surface area (Å²) in [6, 6.07) is 10.6. The van der Waals surface area contributed by atoms with Gasteiger partial charge < -0.3 is 24.6 Å². The lowest BCUT2D eigenvalue weighted by molar-refractivity contribution is 0.102. The van der Waals surface area contributed by atoms with Crippen LogP contribution in [0.1, 0.15) is 17.3 Å². The highest BCUT2D eigenvalue weighted by Crippen LogP contribution is 2.34. The van der Waals surface area contributed by atoms with Crippen LogP contribution >= 0.6 is 0 Å². The second kappa shape index (κ2) is 9.71. The highest BCUT2D eigenvalue weighted by Gasteiger charge is 2.23. The van der Waals surface area contributed by atoms with E-state index in [1.165, 1.54) is 30.3 Å². The topological polar surface area (TPSA) is 141 Å². The van der Waals surface area contributed by atoms with E-state index in [9.17, 15) is 18.3 Å². The number of nitrogens with zero attached hydrogens (tertiary/aromatic N) is 2. The van der Waals surface area contributed by atoms with Crippen LogP contribution in [0.3, 0.4) is 0 Å². The van der Waals surface area contributed by atoms with Crippen molar-refractivity contribution in [3.05, 3.63) is 54.2 Å². The fourth-order valence-electron chi connectivity index (χ4n) is 3.21. The van der Waals surface area contributed by atoms with Gasteiger partial charge in [0.05, 0.1) is 6.61 Å². The first-order valence-electron chi connectivity index (χ1n) is 10.4. The number of rotatable bonds is 7. The van der Waals surface area contributed by atoms with Crippen molar-refractivity contribution in [2.75, 3.05) is 25.1 Å². The Balaban J connectivity index is 1.64. The first-order valence-corrected chi connectivity index (χ1v) is 11.9. The smallest absolute Gasteiger partial charge is 0.257 e. The highest BCUT2D eigenvalue weighted by molar-refractivity contribution is 7.89. The molecule has 0 fully saturated rings. The van der Waals surface area contributed by atoms with Gasteiger partial charge in [0.25, 0.3) is 5.91 Å². The summed E-state index contributed by atoms with van der Waals surface area (Å²) in [6.07, 6.45) is 1.18. The van der Waals surface area contributed by atoms with Gasteiger partial charge in [-0.05, 0) is 31.2 Å². The third kappa shape index (κ3) is 5.47. The number of aliphatic hydroxyl groups excluding tert-OH is 1. The number of anilines is 1. The van der Waals surface area contributed by atoms with E-state index in [2.05, 4.69) is 15.1 Å². The lowest BCUT2D eigenvalue weighted by atomic mass is 10.2. The van der Waals surface area contributed by atoms with Crippen LogP contribution in [-0.4, -0.2) is 55.1 Å². The summed E-state index contributed by atoms with van der Waals surface area (Å²) in [5.74, 6) is 0.985. The summed E-state index contributed by atoms with van der Waals surface area (Å²) < 4.78 is 45.7. The number of carbonyl (C=O) groups is 1. The van der Waals surface area contributed by atoms with E-state index in [-0.39, 0.29) is 41.7 Å². The van der Waals surface area contributed by atoms with Crippen LogP contribution in [0.15, 0.2) is 53.6 Å². The maximum absolute atomic E-state index is 12.8. The fraction of sp³-hybridized carbons (Fsp3) is 0.273. The van der Waals surface area contributed by atoms with Gasteiger partial charge in [0.15, 0.2) is 5.82 Å². The maximum atomic E-state index is 12.8. The zero-order valence-corrected chi connectivity index (χ0v) is 19.3. The van der Waals surface area contributed by atoms with Gasteiger partial charge >= 0.3 is 0 Å². The Morgan fingerprint density at radius 2 is 2.03 bits per heavy atom. The average Bonchev–Trinajstić information content (AvgIpc) is 3.13. The van der Waals surface area contributed by atoms with Crippen LogP contribution in [0.2, 0.25) is 0 Å². The molecule has 3 aromatic rings. The molecule has 2 aromatic carbocycles. The lowest BCUT2D eigenvalue weighted by Gasteiger charge is -2.15. The number of fused-ring (bicyclic) bond motifs is 1. The molecule has 0 unspecified atom stereocenters. The molecule has 0 saturated heterocycles. The van der Waals surface area contributed by atoms with Crippen molar-refractivity contribution in [2.24, 2.45) is 7.05 Å². The monoisotopic (exact) mass is 488 g/mol. The maximum Gasteiger partial charge on any atom is 0.257 e. The molecule has 34 heavy (non-hydrogen) atoms. The number of ether oxygens (including phenoxy) is 3. The molecule has 11 nitrogen and oxygen atoms in total. The van der Waals surface area contributed by atoms with E-state index in [0.717, 1.165) is 0 Å². The Hall–Kier alpha value is -3.61. The molecule has 1 aromatic heterocycles. The Labute approximate surface area is 196 Å². The number of hydrogen-bond acceptors (Lipinski definition) is 8. The molecule has 0 radical (unpaired) electrons. The molecule has 0 bridgehead atoms. The lowest BCUT2D eigenvalue weighted by Crippen LogP contribution is -2.24. The van der Waals surface area contributed by atoms with Crippen LogP contribution in [0, 0.1) is 0 Å². The van der Waals surface area contributed by atoms with Crippen molar-refractivity contribution in [1.82, 2.24) is 14.5 Å². The van der Waals surface area contributed by atoms with Gasteiger partial charge in [-0.15, -0.1) is 0 Å². The molecular weight excluding hydrogens is 464 g/mol. The van der Waals surface area contributed by atoms with Crippen molar-refractivity contribution in [3.63, 3.8) is 0 Å². The number of carbonyl (C=O) groups excluding carboxylic acids is 1. The Morgan fingerprint density at radius 3 is 2.76 bits per heavy atom. The number of aryl methyl sites for hydroxylation is 1. The molecule has 3 N–H and O–H groups in total. The third-order valence-electron chi connectivity index (χ3n) is 4.78. The van der Waals surface area contributed by atoms with Gasteiger partial charge in [-0.2, -0.15) is 5.10 Å². The van der Waals surface area contributed by atoms with E-state index in [1.807, 2.05) is 0 Å². The zero-order chi connectivity index (χ0) is 24.3. The number of aromatic nitrogens is 2. The van der Waals surface area contributed by atoms with Gasteiger partial charge in [-0.3, -0.25) is 9.48 Å². The molecule has 180 valence electrons. The molecule has 4 rings (SSSR count). The second-order valence-corrected chi connectivity index (χ2v) is 9.33. The number of nitrogens with one attached hydrogen (secondary N) is 2. The van der Waals surface area contributed by atoms with Crippen molar-refractivity contribution in [1.29, 1.82) is 0 Å². The third-order valence-corrected chi connectivity index (χ3v) is 6.28. The molecule has 0 aliphatic carbocycles. The SMILES string of the molecule is C[C@@H](CO)Oc1cc(Oc2ccc3c(c2)OCCNS3(=O)=O)cc(C(=O)Nc2ccn(C)n2)c1. The summed E-state index contributed by atoms with van der Waals surface area (Å²) in [7, 11) is -1.94. The van der Waals surface area contributed by atoms with E-state index < -0.39 is 22.0 Å². The normalized spacial score (nSPS) is 15.4. The quantitative estimate of drug-likeness (QED) is 0.458. The van der Waals surface area contributed by atoms with E-state index >= 15 is 0 Å². The van der Waals surface area contributed by atoms with Crippen molar-refractivity contribution in [2.45, 2.75) is 17.9 Å². The minimum absolute atomic E-state index is 0.0154. The van der Waals surface area contributed by atoms with E-state index in [1.54, 1.807) is 37.0 Å². The molecule has 0 spiro atoms. The molecule has 1 atom stereocenters. The molecule has 1 aliphatic heterocycles. The minimum atomic E-state index is -3.67. The summed E-state index contributed by atoms with van der Waals surface area (Å²) in [6.45, 7) is 1.80. The number of aliphatic hydroxyl groups is 1. The molecule has 0 saturated carbocycles. The predicted octanol–water partition coefficient (Wildman–Crippen LogP) is 1.89. The Kier molecular flexibility index (Phi) is 6.72. The van der Waals surface area contributed by atoms with E-state index in [4.69, 9.17) is 14.2 Å². The average molecular weight is 489 g/mol. The van der Waals surface area contributed by atoms with Gasteiger partial charge in [0.2, 0.25) is 10.0 Å². The first-order chi connectivity index (χ1) is 16.2. The van der Waals surface area contributed by atoms with E-state index in [0.29, 0.717) is 17.3 Å². The van der Waals surface area contributed by atoms with Crippen LogP contribution in [0.4, 0.5) is 5.82 Å². The van der Waals surface area contributed by atoms with Crippen LogP contribution < -0.4 is 24.2 Å².